The van der Waals surface area contributed by atoms with Crippen molar-refractivity contribution in [1.29, 1.82) is 0 Å². The zero-order chi connectivity index (χ0) is 15.7. The summed E-state index contributed by atoms with van der Waals surface area (Å²) in [6.07, 6.45) is 0. The van der Waals surface area contributed by atoms with Gasteiger partial charge in [-0.05, 0) is 36.8 Å². The molecule has 1 aromatic heterocycles. The maximum Gasteiger partial charge on any atom is 0.338 e. The third-order valence-corrected chi connectivity index (χ3v) is 5.00. The Kier molecular flexibility index (Phi) is 4.08. The molecule has 1 N–H and O–H groups in total. The molecule has 8 heteroatoms. The van der Waals surface area contributed by atoms with Crippen molar-refractivity contribution in [3.05, 3.63) is 47.0 Å². The molecule has 3 rings (SSSR count). The summed E-state index contributed by atoms with van der Waals surface area (Å²) in [4.78, 5) is 0. The standard InChI is InChI=1S/C14H13ClN3O2PS/c1-9-6-7-10(15)8-13(9)20-21(2,19)16-11-4-3-5-12-14(11)18-22-17-12/h3-8H,1-2H3,(H,16,19). The average molecular weight is 354 g/mol. The Labute approximate surface area is 137 Å². The van der Waals surface area contributed by atoms with E-state index in [2.05, 4.69) is 13.8 Å². The molecule has 5 nitrogen and oxygen atoms in total. The number of rotatable bonds is 4. The average Bonchev–Trinajstić information content (AvgIpc) is 2.92. The minimum atomic E-state index is -3.13. The van der Waals surface area contributed by atoms with Crippen LogP contribution in [0.5, 0.6) is 5.75 Å². The number of anilines is 1. The van der Waals surface area contributed by atoms with Crippen molar-refractivity contribution in [3.8, 4) is 5.75 Å². The van der Waals surface area contributed by atoms with E-state index in [-0.39, 0.29) is 0 Å². The highest BCUT2D eigenvalue weighted by atomic mass is 35.5. The number of halogens is 1. The number of aromatic nitrogens is 2. The van der Waals surface area contributed by atoms with Crippen LogP contribution in [-0.4, -0.2) is 15.4 Å². The summed E-state index contributed by atoms with van der Waals surface area (Å²) in [5.41, 5.74) is 2.94. The van der Waals surface area contributed by atoms with E-state index in [0.717, 1.165) is 22.8 Å². The Balaban J connectivity index is 1.89. The van der Waals surface area contributed by atoms with Gasteiger partial charge < -0.3 is 9.61 Å². The van der Waals surface area contributed by atoms with Crippen molar-refractivity contribution >= 4 is 47.6 Å². The molecule has 0 amide bonds. The fraction of sp³-hybridized carbons (Fsp3) is 0.143. The van der Waals surface area contributed by atoms with E-state index in [1.54, 1.807) is 18.2 Å². The van der Waals surface area contributed by atoms with E-state index in [4.69, 9.17) is 16.1 Å². The highest BCUT2D eigenvalue weighted by Gasteiger charge is 2.20. The first-order valence-corrected chi connectivity index (χ1v) is 9.65. The molecule has 0 radical (unpaired) electrons. The van der Waals surface area contributed by atoms with Crippen LogP contribution in [0.3, 0.4) is 0 Å². The van der Waals surface area contributed by atoms with Crippen LogP contribution < -0.4 is 9.61 Å². The molecule has 0 aliphatic heterocycles. The SMILES string of the molecule is Cc1ccc(Cl)cc1OP(C)(=O)Nc1cccc2nsnc12. The minimum absolute atomic E-state index is 0.495. The third kappa shape index (κ3) is 3.24. The number of hydrogen-bond acceptors (Lipinski definition) is 5. The molecule has 22 heavy (non-hydrogen) atoms. The highest BCUT2D eigenvalue weighted by Crippen LogP contribution is 2.45. The normalized spacial score (nSPS) is 13.8. The van der Waals surface area contributed by atoms with Gasteiger partial charge in [0.15, 0.2) is 0 Å². The van der Waals surface area contributed by atoms with Gasteiger partial charge in [0.2, 0.25) is 0 Å². The molecular formula is C14H13ClN3O2PS. The molecule has 0 bridgehead atoms. The first-order valence-electron chi connectivity index (χ1n) is 6.47. The zero-order valence-electron chi connectivity index (χ0n) is 11.9. The molecule has 0 saturated heterocycles. The Morgan fingerprint density at radius 2 is 2.09 bits per heavy atom. The minimum Gasteiger partial charge on any atom is -0.429 e. The Hall–Kier alpha value is -1.62. The fourth-order valence-corrected chi connectivity index (χ4v) is 3.95. The summed E-state index contributed by atoms with van der Waals surface area (Å²) in [7, 11) is -3.13. The van der Waals surface area contributed by atoms with E-state index in [9.17, 15) is 4.57 Å². The molecule has 1 unspecified atom stereocenters. The van der Waals surface area contributed by atoms with Crippen molar-refractivity contribution in [3.63, 3.8) is 0 Å². The van der Waals surface area contributed by atoms with Crippen molar-refractivity contribution in [2.45, 2.75) is 6.92 Å². The van der Waals surface area contributed by atoms with Gasteiger partial charge in [-0.2, -0.15) is 8.75 Å². The molecule has 3 aromatic rings. The second-order valence-corrected chi connectivity index (χ2v) is 7.96. The monoisotopic (exact) mass is 353 g/mol. The van der Waals surface area contributed by atoms with Crippen LogP contribution in [0.15, 0.2) is 36.4 Å². The summed E-state index contributed by atoms with van der Waals surface area (Å²) in [5.74, 6) is 0.495. The van der Waals surface area contributed by atoms with E-state index in [0.29, 0.717) is 22.0 Å². The van der Waals surface area contributed by atoms with Crippen LogP contribution in [0.25, 0.3) is 11.0 Å². The van der Waals surface area contributed by atoms with Crippen LogP contribution in [0.4, 0.5) is 5.69 Å². The van der Waals surface area contributed by atoms with Gasteiger partial charge in [0.05, 0.1) is 17.4 Å². The molecule has 0 saturated carbocycles. The second kappa shape index (κ2) is 5.88. The Bertz CT molecular complexity index is 883. The van der Waals surface area contributed by atoms with E-state index in [1.807, 2.05) is 25.1 Å². The number of hydrogen-bond donors (Lipinski definition) is 1. The Morgan fingerprint density at radius 3 is 2.91 bits per heavy atom. The molecule has 1 heterocycles. The molecule has 0 spiro atoms. The van der Waals surface area contributed by atoms with Gasteiger partial charge in [-0.15, -0.1) is 0 Å². The summed E-state index contributed by atoms with van der Waals surface area (Å²) in [5, 5.41) is 3.47. The largest absolute Gasteiger partial charge is 0.429 e. The lowest BCUT2D eigenvalue weighted by Crippen LogP contribution is -2.03. The van der Waals surface area contributed by atoms with Gasteiger partial charge in [0.25, 0.3) is 0 Å². The molecule has 1 atom stereocenters. The topological polar surface area (TPSA) is 64.1 Å². The first-order chi connectivity index (χ1) is 10.4. The van der Waals surface area contributed by atoms with Crippen LogP contribution >= 0.6 is 30.8 Å². The van der Waals surface area contributed by atoms with Crippen molar-refractivity contribution < 1.29 is 9.09 Å². The lowest BCUT2D eigenvalue weighted by Gasteiger charge is -2.19. The number of nitrogens with one attached hydrogen (secondary N) is 1. The van der Waals surface area contributed by atoms with E-state index in [1.165, 1.54) is 6.66 Å². The van der Waals surface area contributed by atoms with Gasteiger partial charge >= 0.3 is 7.52 Å². The third-order valence-electron chi connectivity index (χ3n) is 3.03. The van der Waals surface area contributed by atoms with Gasteiger partial charge in [0, 0.05) is 11.7 Å². The second-order valence-electron chi connectivity index (χ2n) is 4.90. The van der Waals surface area contributed by atoms with Crippen molar-refractivity contribution in [2.75, 3.05) is 11.8 Å². The van der Waals surface area contributed by atoms with E-state index >= 15 is 0 Å². The van der Waals surface area contributed by atoms with Crippen LogP contribution in [-0.2, 0) is 4.57 Å². The highest BCUT2D eigenvalue weighted by molar-refractivity contribution is 7.60. The maximum atomic E-state index is 12.8. The predicted molar refractivity (Wildman–Crippen MR) is 91.4 cm³/mol. The van der Waals surface area contributed by atoms with E-state index < -0.39 is 7.52 Å². The first kappa shape index (κ1) is 15.3. The molecule has 2 aromatic carbocycles. The summed E-state index contributed by atoms with van der Waals surface area (Å²) >= 11 is 7.08. The molecular weight excluding hydrogens is 341 g/mol. The Morgan fingerprint density at radius 1 is 1.27 bits per heavy atom. The summed E-state index contributed by atoms with van der Waals surface area (Å²) in [6.45, 7) is 3.39. The number of aryl methyl sites for hydroxylation is 1. The van der Waals surface area contributed by atoms with Crippen LogP contribution in [0.1, 0.15) is 5.56 Å². The van der Waals surface area contributed by atoms with Gasteiger partial charge in [-0.3, -0.25) is 4.57 Å². The summed E-state index contributed by atoms with van der Waals surface area (Å²) in [6, 6.07) is 10.7. The lowest BCUT2D eigenvalue weighted by atomic mass is 10.2. The molecule has 0 fully saturated rings. The van der Waals surface area contributed by atoms with Gasteiger partial charge in [-0.25, -0.2) is 0 Å². The van der Waals surface area contributed by atoms with Gasteiger partial charge in [0.1, 0.15) is 16.8 Å². The molecule has 114 valence electrons. The fourth-order valence-electron chi connectivity index (χ4n) is 2.00. The van der Waals surface area contributed by atoms with Gasteiger partial charge in [-0.1, -0.05) is 23.7 Å². The smallest absolute Gasteiger partial charge is 0.338 e. The number of fused-ring (bicyclic) bond motifs is 1. The molecule has 0 aliphatic rings. The number of benzene rings is 2. The van der Waals surface area contributed by atoms with Crippen molar-refractivity contribution in [2.24, 2.45) is 0 Å². The molecule has 0 aliphatic carbocycles. The van der Waals surface area contributed by atoms with Crippen LogP contribution in [0.2, 0.25) is 5.02 Å². The number of nitrogens with zero attached hydrogens (tertiary/aromatic N) is 2. The quantitative estimate of drug-likeness (QED) is 0.671. The van der Waals surface area contributed by atoms with Crippen molar-refractivity contribution in [1.82, 2.24) is 8.75 Å². The van der Waals surface area contributed by atoms with Crippen LogP contribution in [0, 0.1) is 6.92 Å². The zero-order valence-corrected chi connectivity index (χ0v) is 14.4. The lowest BCUT2D eigenvalue weighted by molar-refractivity contribution is 0.492. The predicted octanol–water partition coefficient (Wildman–Crippen LogP) is 4.97. The maximum absolute atomic E-state index is 12.8. The summed E-state index contributed by atoms with van der Waals surface area (Å²) < 4.78 is 26.8.